The molecule has 1 aromatic heterocycles. The molecule has 1 aliphatic rings. The second-order valence-corrected chi connectivity index (χ2v) is 6.90. The number of ether oxygens (including phenoxy) is 1. The van der Waals surface area contributed by atoms with E-state index in [-0.39, 0.29) is 0 Å². The summed E-state index contributed by atoms with van der Waals surface area (Å²) in [4.78, 5) is 0. The number of hydrogen-bond acceptors (Lipinski definition) is 5. The van der Waals surface area contributed by atoms with E-state index in [1.807, 2.05) is 46.5 Å². The highest BCUT2D eigenvalue weighted by Crippen LogP contribution is 2.32. The molecule has 1 aliphatic heterocycles. The predicted molar refractivity (Wildman–Crippen MR) is 99.3 cm³/mol. The summed E-state index contributed by atoms with van der Waals surface area (Å²) in [5.74, 6) is 1.54. The van der Waals surface area contributed by atoms with Crippen LogP contribution < -0.4 is 10.2 Å². The van der Waals surface area contributed by atoms with Gasteiger partial charge in [-0.1, -0.05) is 52.0 Å². The maximum absolute atomic E-state index is 5.30. The van der Waals surface area contributed by atoms with Gasteiger partial charge in [-0.25, -0.2) is 4.68 Å². The van der Waals surface area contributed by atoms with Gasteiger partial charge < -0.3 is 4.74 Å². The number of benzene rings is 2. The van der Waals surface area contributed by atoms with E-state index in [9.17, 15) is 0 Å². The first-order valence-corrected chi connectivity index (χ1v) is 8.91. The van der Waals surface area contributed by atoms with Crippen LogP contribution in [-0.4, -0.2) is 22.0 Å². The Morgan fingerprint density at radius 1 is 1.08 bits per heavy atom. The molecule has 0 bridgehead atoms. The molecule has 24 heavy (non-hydrogen) atoms. The van der Waals surface area contributed by atoms with Gasteiger partial charge in [-0.3, -0.25) is 5.43 Å². The molecule has 4 rings (SSSR count). The highest BCUT2D eigenvalue weighted by atomic mass is 79.9. The minimum absolute atomic E-state index is 0.747. The van der Waals surface area contributed by atoms with Crippen molar-refractivity contribution >= 4 is 33.4 Å². The zero-order valence-corrected chi connectivity index (χ0v) is 15.1. The Hall–Kier alpha value is -2.25. The van der Waals surface area contributed by atoms with Crippen LogP contribution >= 0.6 is 27.7 Å². The zero-order chi connectivity index (χ0) is 16.5. The number of nitrogens with one attached hydrogen (secondary N) is 1. The van der Waals surface area contributed by atoms with Gasteiger partial charge in [0.25, 0.3) is 0 Å². The van der Waals surface area contributed by atoms with Crippen LogP contribution in [-0.2, 0) is 0 Å². The summed E-state index contributed by atoms with van der Waals surface area (Å²) in [6.07, 6.45) is 0. The van der Waals surface area contributed by atoms with Gasteiger partial charge in [-0.05, 0) is 24.3 Å². The van der Waals surface area contributed by atoms with Crippen molar-refractivity contribution in [3.63, 3.8) is 0 Å². The van der Waals surface area contributed by atoms with Crippen molar-refractivity contribution in [3.05, 3.63) is 64.0 Å². The van der Waals surface area contributed by atoms with E-state index in [2.05, 4.69) is 43.7 Å². The Kier molecular flexibility index (Phi) is 4.03. The molecule has 0 spiro atoms. The van der Waals surface area contributed by atoms with Gasteiger partial charge in [0.2, 0.25) is 5.16 Å². The largest absolute Gasteiger partial charge is 0.497 e. The normalized spacial score (nSPS) is 13.0. The molecule has 0 radical (unpaired) electrons. The molecule has 0 aliphatic carbocycles. The maximum atomic E-state index is 5.30. The third-order valence-corrected chi connectivity index (χ3v) is 4.93. The Morgan fingerprint density at radius 3 is 2.75 bits per heavy atom. The lowest BCUT2D eigenvalue weighted by Crippen LogP contribution is -2.18. The number of hydrogen-bond donors (Lipinski definition) is 1. The minimum atomic E-state index is 0.747. The van der Waals surface area contributed by atoms with Crippen LogP contribution in [0.5, 0.6) is 5.75 Å². The van der Waals surface area contributed by atoms with Crippen molar-refractivity contribution in [3.8, 4) is 17.1 Å². The lowest BCUT2D eigenvalue weighted by molar-refractivity contribution is 0.415. The van der Waals surface area contributed by atoms with Crippen LogP contribution in [0, 0.1) is 0 Å². The summed E-state index contributed by atoms with van der Waals surface area (Å²) < 4.78 is 8.24. The van der Waals surface area contributed by atoms with Crippen molar-refractivity contribution in [2.45, 2.75) is 5.16 Å². The maximum Gasteiger partial charge on any atom is 0.214 e. The molecule has 2 aromatic carbocycles. The monoisotopic (exact) mass is 400 g/mol. The predicted octanol–water partition coefficient (Wildman–Crippen LogP) is 4.36. The second kappa shape index (κ2) is 6.33. The van der Waals surface area contributed by atoms with Gasteiger partial charge >= 0.3 is 0 Å². The summed E-state index contributed by atoms with van der Waals surface area (Å²) in [6, 6.07) is 15.9. The highest BCUT2D eigenvalue weighted by molar-refractivity contribution is 9.10. The lowest BCUT2D eigenvalue weighted by Gasteiger charge is -2.19. The Bertz CT molecular complexity index is 938. The van der Waals surface area contributed by atoms with Crippen molar-refractivity contribution < 1.29 is 4.74 Å². The number of rotatable bonds is 3. The lowest BCUT2D eigenvalue weighted by atomic mass is 10.2. The van der Waals surface area contributed by atoms with Gasteiger partial charge in [-0.15, -0.1) is 10.2 Å². The van der Waals surface area contributed by atoms with E-state index >= 15 is 0 Å². The van der Waals surface area contributed by atoms with Gasteiger partial charge in [0.05, 0.1) is 12.8 Å². The number of thioether (sulfide) groups is 1. The van der Waals surface area contributed by atoms with E-state index in [4.69, 9.17) is 4.74 Å². The van der Waals surface area contributed by atoms with E-state index < -0.39 is 0 Å². The molecule has 0 saturated carbocycles. The molecule has 0 saturated heterocycles. The Morgan fingerprint density at radius 2 is 1.92 bits per heavy atom. The first-order valence-electron chi connectivity index (χ1n) is 7.24. The SMILES string of the molecule is COc1cccc(-c2nnc3n2NC(c2cccc(Br)c2)=CS3)c1. The van der Waals surface area contributed by atoms with Crippen molar-refractivity contribution in [1.29, 1.82) is 0 Å². The number of nitrogens with zero attached hydrogens (tertiary/aromatic N) is 3. The fourth-order valence-corrected chi connectivity index (χ4v) is 3.58. The quantitative estimate of drug-likeness (QED) is 0.707. The topological polar surface area (TPSA) is 52.0 Å². The van der Waals surface area contributed by atoms with Crippen LogP contribution in [0.3, 0.4) is 0 Å². The molecule has 1 N–H and O–H groups in total. The van der Waals surface area contributed by atoms with Crippen LogP contribution in [0.25, 0.3) is 17.1 Å². The molecule has 3 aromatic rings. The zero-order valence-electron chi connectivity index (χ0n) is 12.7. The summed E-state index contributed by atoms with van der Waals surface area (Å²) in [5, 5.41) is 11.4. The van der Waals surface area contributed by atoms with E-state index in [0.29, 0.717) is 0 Å². The number of fused-ring (bicyclic) bond motifs is 1. The molecular weight excluding hydrogens is 388 g/mol. The van der Waals surface area contributed by atoms with Crippen molar-refractivity contribution in [1.82, 2.24) is 14.9 Å². The highest BCUT2D eigenvalue weighted by Gasteiger charge is 2.19. The second-order valence-electron chi connectivity index (χ2n) is 5.15. The van der Waals surface area contributed by atoms with E-state index in [1.165, 1.54) is 0 Å². The van der Waals surface area contributed by atoms with Gasteiger partial charge in [0.1, 0.15) is 5.75 Å². The molecule has 0 fully saturated rings. The van der Waals surface area contributed by atoms with Crippen LogP contribution in [0.15, 0.2) is 63.6 Å². The summed E-state index contributed by atoms with van der Waals surface area (Å²) in [7, 11) is 1.65. The van der Waals surface area contributed by atoms with Crippen LogP contribution in [0.4, 0.5) is 0 Å². The standard InChI is InChI=1S/C17H13BrN4OS/c1-23-14-7-3-5-12(9-14)16-19-20-17-22(16)21-15(10-24-17)11-4-2-6-13(18)8-11/h2-10,21H,1H3. The Balaban J connectivity index is 1.71. The van der Waals surface area contributed by atoms with Crippen molar-refractivity contribution in [2.75, 3.05) is 12.5 Å². The molecule has 2 heterocycles. The molecule has 120 valence electrons. The first kappa shape index (κ1) is 15.3. The third-order valence-electron chi connectivity index (χ3n) is 3.61. The molecule has 7 heteroatoms. The molecule has 0 atom stereocenters. The fourth-order valence-electron chi connectivity index (χ4n) is 2.44. The third kappa shape index (κ3) is 2.81. The molecular formula is C17H13BrN4OS. The van der Waals surface area contributed by atoms with Gasteiger partial charge in [0, 0.05) is 21.0 Å². The smallest absolute Gasteiger partial charge is 0.214 e. The summed E-state index contributed by atoms with van der Waals surface area (Å²) in [6.45, 7) is 0. The number of methoxy groups -OCH3 is 1. The van der Waals surface area contributed by atoms with Crippen LogP contribution in [0.1, 0.15) is 5.56 Å². The molecule has 5 nitrogen and oxygen atoms in total. The van der Waals surface area contributed by atoms with Gasteiger partial charge in [0.15, 0.2) is 5.82 Å². The summed E-state index contributed by atoms with van der Waals surface area (Å²) >= 11 is 5.05. The van der Waals surface area contributed by atoms with Crippen molar-refractivity contribution in [2.24, 2.45) is 0 Å². The molecule has 0 unspecified atom stereocenters. The Labute approximate surface area is 151 Å². The average Bonchev–Trinajstić information content (AvgIpc) is 3.05. The van der Waals surface area contributed by atoms with Crippen LogP contribution in [0.2, 0.25) is 0 Å². The van der Waals surface area contributed by atoms with Gasteiger partial charge in [-0.2, -0.15) is 0 Å². The minimum Gasteiger partial charge on any atom is -0.497 e. The average molecular weight is 401 g/mol. The molecule has 0 amide bonds. The van der Waals surface area contributed by atoms with E-state index in [0.717, 1.165) is 38.0 Å². The number of aromatic nitrogens is 3. The number of halogens is 1. The fraction of sp³-hybridized carbons (Fsp3) is 0.0588. The summed E-state index contributed by atoms with van der Waals surface area (Å²) in [5.41, 5.74) is 6.43. The first-order chi connectivity index (χ1) is 11.7. The van der Waals surface area contributed by atoms with E-state index in [1.54, 1.807) is 18.9 Å².